The Morgan fingerprint density at radius 3 is 2.63 bits per heavy atom. The van der Waals surface area contributed by atoms with Crippen LogP contribution < -0.4 is 5.32 Å². The van der Waals surface area contributed by atoms with E-state index in [1.807, 2.05) is 0 Å². The zero-order valence-corrected chi connectivity index (χ0v) is 12.7. The summed E-state index contributed by atoms with van der Waals surface area (Å²) in [6, 6.07) is 0.790. The molecule has 19 heavy (non-hydrogen) atoms. The first-order valence-corrected chi connectivity index (χ1v) is 7.82. The zero-order valence-electron chi connectivity index (χ0n) is 12.7. The van der Waals surface area contributed by atoms with Crippen molar-refractivity contribution < 1.29 is 9.47 Å². The van der Waals surface area contributed by atoms with Gasteiger partial charge in [-0.2, -0.15) is 0 Å². The van der Waals surface area contributed by atoms with Crippen LogP contribution in [0.5, 0.6) is 0 Å². The van der Waals surface area contributed by atoms with Crippen molar-refractivity contribution in [3.05, 3.63) is 0 Å². The van der Waals surface area contributed by atoms with Gasteiger partial charge in [-0.15, -0.1) is 0 Å². The molecule has 0 aromatic carbocycles. The monoisotopic (exact) mass is 270 g/mol. The average Bonchev–Trinajstić information content (AvgIpc) is 3.07. The van der Waals surface area contributed by atoms with Gasteiger partial charge >= 0.3 is 0 Å². The largest absolute Gasteiger partial charge is 0.377 e. The highest BCUT2D eigenvalue weighted by Crippen LogP contribution is 2.22. The van der Waals surface area contributed by atoms with Crippen molar-refractivity contribution >= 4 is 0 Å². The van der Waals surface area contributed by atoms with Crippen LogP contribution in [-0.2, 0) is 9.47 Å². The van der Waals surface area contributed by atoms with E-state index in [2.05, 4.69) is 31.1 Å². The fraction of sp³-hybridized carbons (Fsp3) is 1.00. The van der Waals surface area contributed by atoms with Gasteiger partial charge in [0, 0.05) is 25.7 Å². The van der Waals surface area contributed by atoms with Gasteiger partial charge in [0.2, 0.25) is 0 Å². The molecule has 112 valence electrons. The molecule has 0 aromatic heterocycles. The molecule has 0 spiro atoms. The molecule has 1 aliphatic carbocycles. The fourth-order valence-corrected chi connectivity index (χ4v) is 2.53. The van der Waals surface area contributed by atoms with E-state index in [1.54, 1.807) is 0 Å². The molecule has 0 bridgehead atoms. The lowest BCUT2D eigenvalue weighted by atomic mass is 10.2. The van der Waals surface area contributed by atoms with Gasteiger partial charge < -0.3 is 19.7 Å². The zero-order chi connectivity index (χ0) is 13.7. The van der Waals surface area contributed by atoms with E-state index in [-0.39, 0.29) is 0 Å². The molecule has 4 heteroatoms. The molecular formula is C15H30N2O2. The van der Waals surface area contributed by atoms with E-state index in [1.165, 1.54) is 25.7 Å². The average molecular weight is 270 g/mol. The number of nitrogens with one attached hydrogen (secondary N) is 1. The maximum atomic E-state index is 6.09. The highest BCUT2D eigenvalue weighted by Gasteiger charge is 2.28. The first-order chi connectivity index (χ1) is 9.13. The summed E-state index contributed by atoms with van der Waals surface area (Å²) in [7, 11) is 2.16. The van der Waals surface area contributed by atoms with Gasteiger partial charge in [-0.1, -0.05) is 0 Å². The lowest BCUT2D eigenvalue weighted by Crippen LogP contribution is -2.34. The summed E-state index contributed by atoms with van der Waals surface area (Å²) in [5.41, 5.74) is 0. The molecule has 0 amide bonds. The van der Waals surface area contributed by atoms with Crippen LogP contribution in [0.25, 0.3) is 0 Å². The Kier molecular flexibility index (Phi) is 6.07. The maximum Gasteiger partial charge on any atom is 0.0707 e. The van der Waals surface area contributed by atoms with Crippen LogP contribution in [0.4, 0.5) is 0 Å². The second-order valence-electron chi connectivity index (χ2n) is 6.32. The minimum absolute atomic E-state index is 0.328. The number of rotatable bonds is 9. The van der Waals surface area contributed by atoms with Crippen molar-refractivity contribution in [1.29, 1.82) is 0 Å². The van der Waals surface area contributed by atoms with Gasteiger partial charge in [0.15, 0.2) is 0 Å². The van der Waals surface area contributed by atoms with Gasteiger partial charge in [-0.3, -0.25) is 0 Å². The van der Waals surface area contributed by atoms with Crippen molar-refractivity contribution in [2.24, 2.45) is 0 Å². The topological polar surface area (TPSA) is 33.7 Å². The second-order valence-corrected chi connectivity index (χ2v) is 6.32. The summed E-state index contributed by atoms with van der Waals surface area (Å²) in [5, 5.41) is 3.56. The van der Waals surface area contributed by atoms with Gasteiger partial charge in [0.1, 0.15) is 0 Å². The minimum Gasteiger partial charge on any atom is -0.377 e. The molecule has 2 fully saturated rings. The van der Waals surface area contributed by atoms with Crippen LogP contribution in [0.3, 0.4) is 0 Å². The Labute approximate surface area is 117 Å². The van der Waals surface area contributed by atoms with Crippen molar-refractivity contribution in [2.75, 3.05) is 33.3 Å². The number of likely N-dealkylation sites (N-methyl/N-ethyl adjacent to an activating group) is 1. The summed E-state index contributed by atoms with van der Waals surface area (Å²) in [6.45, 7) is 8.04. The molecular weight excluding hydrogens is 240 g/mol. The van der Waals surface area contributed by atoms with Crippen LogP contribution in [0.2, 0.25) is 0 Å². The fourth-order valence-electron chi connectivity index (χ4n) is 2.53. The van der Waals surface area contributed by atoms with E-state index in [0.29, 0.717) is 18.3 Å². The summed E-state index contributed by atoms with van der Waals surface area (Å²) < 4.78 is 11.7. The van der Waals surface area contributed by atoms with Gasteiger partial charge in [0.05, 0.1) is 24.9 Å². The number of ether oxygens (including phenoxy) is 2. The number of hydrogen-bond donors (Lipinski definition) is 1. The molecule has 1 N–H and O–H groups in total. The number of nitrogens with zero attached hydrogens (tertiary/aromatic N) is 1. The van der Waals surface area contributed by atoms with Crippen molar-refractivity contribution in [3.8, 4) is 0 Å². The lowest BCUT2D eigenvalue weighted by molar-refractivity contribution is 0.0165. The molecule has 1 heterocycles. The Hall–Kier alpha value is -0.160. The van der Waals surface area contributed by atoms with Gasteiger partial charge in [-0.05, 0) is 46.6 Å². The number of hydrogen-bond acceptors (Lipinski definition) is 4. The van der Waals surface area contributed by atoms with E-state index < -0.39 is 0 Å². The van der Waals surface area contributed by atoms with Crippen molar-refractivity contribution in [2.45, 2.75) is 63.9 Å². The molecule has 1 saturated carbocycles. The molecule has 2 atom stereocenters. The van der Waals surface area contributed by atoms with Crippen LogP contribution in [0.1, 0.15) is 39.5 Å². The van der Waals surface area contributed by atoms with Crippen LogP contribution in [0.15, 0.2) is 0 Å². The second kappa shape index (κ2) is 7.58. The third-order valence-electron chi connectivity index (χ3n) is 3.85. The smallest absolute Gasteiger partial charge is 0.0707 e. The predicted octanol–water partition coefficient (Wildman–Crippen LogP) is 1.64. The molecule has 1 saturated heterocycles. The van der Waals surface area contributed by atoms with Crippen LogP contribution in [0, 0.1) is 0 Å². The maximum absolute atomic E-state index is 6.09. The molecule has 2 unspecified atom stereocenters. The van der Waals surface area contributed by atoms with E-state index in [9.17, 15) is 0 Å². The SMILES string of the molecule is CC(C)OCCN(C)CC1CCC(CNC2CC2)O1. The Morgan fingerprint density at radius 1 is 1.21 bits per heavy atom. The molecule has 0 aromatic rings. The molecule has 4 nitrogen and oxygen atoms in total. The van der Waals surface area contributed by atoms with E-state index >= 15 is 0 Å². The Bertz CT molecular complexity index is 257. The van der Waals surface area contributed by atoms with Crippen molar-refractivity contribution in [3.63, 3.8) is 0 Å². The van der Waals surface area contributed by atoms with Gasteiger partial charge in [-0.25, -0.2) is 0 Å². The molecule has 1 aliphatic heterocycles. The minimum atomic E-state index is 0.328. The highest BCUT2D eigenvalue weighted by molar-refractivity contribution is 4.84. The third-order valence-corrected chi connectivity index (χ3v) is 3.85. The first kappa shape index (κ1) is 15.2. The summed E-state index contributed by atoms with van der Waals surface area (Å²) in [6.07, 6.45) is 6.30. The highest BCUT2D eigenvalue weighted by atomic mass is 16.5. The lowest BCUT2D eigenvalue weighted by Gasteiger charge is -2.22. The summed E-state index contributed by atoms with van der Waals surface area (Å²) in [5.74, 6) is 0. The predicted molar refractivity (Wildman–Crippen MR) is 77.5 cm³/mol. The summed E-state index contributed by atoms with van der Waals surface area (Å²) >= 11 is 0. The normalized spacial score (nSPS) is 27.6. The molecule has 2 aliphatic rings. The van der Waals surface area contributed by atoms with Gasteiger partial charge in [0.25, 0.3) is 0 Å². The molecule has 2 rings (SSSR count). The van der Waals surface area contributed by atoms with Crippen molar-refractivity contribution in [1.82, 2.24) is 10.2 Å². The molecule has 0 radical (unpaired) electrons. The Balaban J connectivity index is 1.53. The third kappa shape index (κ3) is 6.21. The van der Waals surface area contributed by atoms with Crippen LogP contribution in [-0.4, -0.2) is 62.5 Å². The summed E-state index contributed by atoms with van der Waals surface area (Å²) in [4.78, 5) is 2.32. The quantitative estimate of drug-likeness (QED) is 0.691. The Morgan fingerprint density at radius 2 is 1.95 bits per heavy atom. The van der Waals surface area contributed by atoms with E-state index in [4.69, 9.17) is 9.47 Å². The van der Waals surface area contributed by atoms with E-state index in [0.717, 1.165) is 32.3 Å². The first-order valence-electron chi connectivity index (χ1n) is 7.82. The standard InChI is InChI=1S/C15H30N2O2/c1-12(2)18-9-8-17(3)11-15-7-6-14(19-15)10-16-13-4-5-13/h12-16H,4-11H2,1-3H3. The van der Waals surface area contributed by atoms with Crippen LogP contribution >= 0.6 is 0 Å².